The summed E-state index contributed by atoms with van der Waals surface area (Å²) in [6.45, 7) is 1.98. The van der Waals surface area contributed by atoms with Gasteiger partial charge in [0.1, 0.15) is 0 Å². The molecule has 0 aliphatic heterocycles. The fourth-order valence-electron chi connectivity index (χ4n) is 1.90. The number of carboxylic acids is 1. The number of nitro benzene ring substituents is 1. The number of nitro groups is 1. The molecule has 0 amide bonds. The topological polar surface area (TPSA) is 105 Å². The van der Waals surface area contributed by atoms with Gasteiger partial charge >= 0.3 is 5.97 Å². The molecule has 0 bridgehead atoms. The quantitative estimate of drug-likeness (QED) is 0.646. The maximum Gasteiger partial charge on any atom is 0.336 e. The Balaban J connectivity index is 2.33. The molecular formula is C14H13N3O4. The number of hydrogen-bond donors (Lipinski definition) is 2. The van der Waals surface area contributed by atoms with E-state index < -0.39 is 10.9 Å². The third-order valence-electron chi connectivity index (χ3n) is 3.03. The Labute approximate surface area is 120 Å². The number of anilines is 1. The highest BCUT2D eigenvalue weighted by molar-refractivity contribution is 5.90. The number of pyridine rings is 1. The van der Waals surface area contributed by atoms with Gasteiger partial charge in [-0.05, 0) is 24.6 Å². The lowest BCUT2D eigenvalue weighted by Gasteiger charge is -2.11. The van der Waals surface area contributed by atoms with Gasteiger partial charge in [0.2, 0.25) is 0 Å². The molecule has 1 aromatic heterocycles. The van der Waals surface area contributed by atoms with E-state index in [1.54, 1.807) is 25.4 Å². The third-order valence-corrected chi connectivity index (χ3v) is 3.03. The zero-order chi connectivity index (χ0) is 15.4. The van der Waals surface area contributed by atoms with E-state index >= 15 is 0 Å². The first kappa shape index (κ1) is 14.4. The van der Waals surface area contributed by atoms with Gasteiger partial charge in [-0.15, -0.1) is 0 Å². The zero-order valence-corrected chi connectivity index (χ0v) is 11.2. The molecule has 1 aromatic carbocycles. The van der Waals surface area contributed by atoms with Gasteiger partial charge in [0.15, 0.2) is 0 Å². The largest absolute Gasteiger partial charge is 0.478 e. The predicted molar refractivity (Wildman–Crippen MR) is 76.4 cm³/mol. The lowest BCUT2D eigenvalue weighted by atomic mass is 10.1. The molecule has 0 saturated carbocycles. The number of carboxylic acid groups (broad SMARTS) is 1. The van der Waals surface area contributed by atoms with Crippen LogP contribution in [0.3, 0.4) is 0 Å². The van der Waals surface area contributed by atoms with E-state index in [4.69, 9.17) is 5.11 Å². The van der Waals surface area contributed by atoms with Crippen molar-refractivity contribution in [3.05, 3.63) is 63.5 Å². The van der Waals surface area contributed by atoms with Crippen molar-refractivity contribution in [3.8, 4) is 0 Å². The smallest absolute Gasteiger partial charge is 0.336 e. The van der Waals surface area contributed by atoms with Crippen LogP contribution in [0.2, 0.25) is 0 Å². The molecule has 0 radical (unpaired) electrons. The summed E-state index contributed by atoms with van der Waals surface area (Å²) < 4.78 is 0. The van der Waals surface area contributed by atoms with Crippen LogP contribution in [-0.4, -0.2) is 21.0 Å². The van der Waals surface area contributed by atoms with Crippen molar-refractivity contribution in [1.82, 2.24) is 4.98 Å². The fraction of sp³-hybridized carbons (Fsp3) is 0.143. The standard InChI is InChI=1S/C14H13N3O4/c1-9-12(16-8-10-3-2-4-15-7-10)5-11(14(18)19)6-13(9)17(20)21/h2-7,16H,8H2,1H3,(H,18,19). The minimum Gasteiger partial charge on any atom is -0.478 e. The summed E-state index contributed by atoms with van der Waals surface area (Å²) >= 11 is 0. The summed E-state index contributed by atoms with van der Waals surface area (Å²) in [5.74, 6) is -1.21. The summed E-state index contributed by atoms with van der Waals surface area (Å²) in [6, 6.07) is 6.08. The normalized spacial score (nSPS) is 10.1. The van der Waals surface area contributed by atoms with Gasteiger partial charge in [-0.3, -0.25) is 15.1 Å². The van der Waals surface area contributed by atoms with Crippen molar-refractivity contribution in [2.45, 2.75) is 13.5 Å². The van der Waals surface area contributed by atoms with Gasteiger partial charge in [-0.1, -0.05) is 6.07 Å². The second-order valence-corrected chi connectivity index (χ2v) is 4.45. The molecule has 21 heavy (non-hydrogen) atoms. The van der Waals surface area contributed by atoms with E-state index in [0.717, 1.165) is 11.6 Å². The first-order valence-electron chi connectivity index (χ1n) is 6.14. The number of hydrogen-bond acceptors (Lipinski definition) is 5. The first-order chi connectivity index (χ1) is 9.99. The molecule has 0 spiro atoms. The summed E-state index contributed by atoms with van der Waals surface area (Å²) in [5, 5.41) is 23.0. The molecular weight excluding hydrogens is 274 g/mol. The van der Waals surface area contributed by atoms with E-state index in [1.807, 2.05) is 6.07 Å². The Morgan fingerprint density at radius 1 is 1.48 bits per heavy atom. The number of nitrogens with one attached hydrogen (secondary N) is 1. The number of nitrogens with zero attached hydrogens (tertiary/aromatic N) is 2. The van der Waals surface area contributed by atoms with Gasteiger partial charge in [-0.25, -0.2) is 4.79 Å². The van der Waals surface area contributed by atoms with Crippen molar-refractivity contribution in [1.29, 1.82) is 0 Å². The van der Waals surface area contributed by atoms with Crippen molar-refractivity contribution in [3.63, 3.8) is 0 Å². The lowest BCUT2D eigenvalue weighted by molar-refractivity contribution is -0.385. The molecule has 0 aliphatic carbocycles. The summed E-state index contributed by atoms with van der Waals surface area (Å²) in [5.41, 5.74) is 1.36. The number of carbonyl (C=O) groups is 1. The van der Waals surface area contributed by atoms with E-state index in [2.05, 4.69) is 10.3 Å². The van der Waals surface area contributed by atoms with Crippen LogP contribution in [0, 0.1) is 17.0 Å². The van der Waals surface area contributed by atoms with Crippen LogP contribution in [0.5, 0.6) is 0 Å². The molecule has 2 N–H and O–H groups in total. The number of benzene rings is 1. The molecule has 0 fully saturated rings. The Bertz CT molecular complexity index is 686. The molecule has 0 atom stereocenters. The van der Waals surface area contributed by atoms with Crippen molar-refractivity contribution < 1.29 is 14.8 Å². The Hall–Kier alpha value is -2.96. The summed E-state index contributed by atoms with van der Waals surface area (Å²) in [7, 11) is 0. The molecule has 2 rings (SSSR count). The first-order valence-corrected chi connectivity index (χ1v) is 6.14. The van der Waals surface area contributed by atoms with Crippen molar-refractivity contribution in [2.24, 2.45) is 0 Å². The zero-order valence-electron chi connectivity index (χ0n) is 11.2. The highest BCUT2D eigenvalue weighted by atomic mass is 16.6. The van der Waals surface area contributed by atoms with Crippen LogP contribution < -0.4 is 5.32 Å². The van der Waals surface area contributed by atoms with Gasteiger partial charge in [0, 0.05) is 36.3 Å². The molecule has 1 heterocycles. The number of aromatic nitrogens is 1. The van der Waals surface area contributed by atoms with Crippen LogP contribution in [-0.2, 0) is 6.54 Å². The van der Waals surface area contributed by atoms with Crippen LogP contribution in [0.15, 0.2) is 36.7 Å². The molecule has 2 aromatic rings. The van der Waals surface area contributed by atoms with Crippen LogP contribution in [0.1, 0.15) is 21.5 Å². The molecule has 0 saturated heterocycles. The van der Waals surface area contributed by atoms with Crippen LogP contribution >= 0.6 is 0 Å². The average Bonchev–Trinajstić information content (AvgIpc) is 2.46. The minimum absolute atomic E-state index is 0.124. The molecule has 7 heteroatoms. The number of aromatic carboxylic acids is 1. The maximum atomic E-state index is 11.1. The highest BCUT2D eigenvalue weighted by Gasteiger charge is 2.18. The third kappa shape index (κ3) is 3.33. The fourth-order valence-corrected chi connectivity index (χ4v) is 1.90. The van der Waals surface area contributed by atoms with Crippen LogP contribution in [0.4, 0.5) is 11.4 Å². The van der Waals surface area contributed by atoms with Gasteiger partial charge in [-0.2, -0.15) is 0 Å². The minimum atomic E-state index is -1.21. The summed E-state index contributed by atoms with van der Waals surface area (Å²) in [4.78, 5) is 25.4. The van der Waals surface area contributed by atoms with E-state index in [1.165, 1.54) is 6.07 Å². The van der Waals surface area contributed by atoms with E-state index in [-0.39, 0.29) is 11.3 Å². The van der Waals surface area contributed by atoms with Crippen molar-refractivity contribution in [2.75, 3.05) is 5.32 Å². The second-order valence-electron chi connectivity index (χ2n) is 4.45. The van der Waals surface area contributed by atoms with E-state index in [9.17, 15) is 14.9 Å². The van der Waals surface area contributed by atoms with Crippen molar-refractivity contribution >= 4 is 17.3 Å². The lowest BCUT2D eigenvalue weighted by Crippen LogP contribution is -2.06. The van der Waals surface area contributed by atoms with E-state index in [0.29, 0.717) is 17.8 Å². The van der Waals surface area contributed by atoms with Crippen LogP contribution in [0.25, 0.3) is 0 Å². The Morgan fingerprint density at radius 3 is 2.81 bits per heavy atom. The molecule has 7 nitrogen and oxygen atoms in total. The monoisotopic (exact) mass is 287 g/mol. The highest BCUT2D eigenvalue weighted by Crippen LogP contribution is 2.28. The number of rotatable bonds is 5. The second kappa shape index (κ2) is 6.00. The van der Waals surface area contributed by atoms with Gasteiger partial charge < -0.3 is 10.4 Å². The Morgan fingerprint density at radius 2 is 2.24 bits per heavy atom. The molecule has 0 unspecified atom stereocenters. The van der Waals surface area contributed by atoms with Gasteiger partial charge in [0.05, 0.1) is 10.5 Å². The maximum absolute atomic E-state index is 11.1. The average molecular weight is 287 g/mol. The molecule has 108 valence electrons. The molecule has 0 aliphatic rings. The summed E-state index contributed by atoms with van der Waals surface area (Å²) in [6.07, 6.45) is 3.31. The SMILES string of the molecule is Cc1c(NCc2cccnc2)cc(C(=O)O)cc1[N+](=O)[O-]. The Kier molecular flexibility index (Phi) is 4.13. The predicted octanol–water partition coefficient (Wildman–Crippen LogP) is 2.61. The van der Waals surface area contributed by atoms with Gasteiger partial charge in [0.25, 0.3) is 5.69 Å².